The van der Waals surface area contributed by atoms with Gasteiger partial charge in [-0.3, -0.25) is 4.79 Å². The van der Waals surface area contributed by atoms with E-state index < -0.39 is 17.8 Å². The molecule has 5 heteroatoms. The molecule has 0 N–H and O–H groups in total. The van der Waals surface area contributed by atoms with Gasteiger partial charge in [0, 0.05) is 6.54 Å². The van der Waals surface area contributed by atoms with Crippen molar-refractivity contribution in [2.75, 3.05) is 19.7 Å². The molecule has 0 radical (unpaired) electrons. The summed E-state index contributed by atoms with van der Waals surface area (Å²) >= 11 is 0. The van der Waals surface area contributed by atoms with Crippen LogP contribution in [-0.4, -0.2) is 36.6 Å². The van der Waals surface area contributed by atoms with E-state index >= 15 is 0 Å². The summed E-state index contributed by atoms with van der Waals surface area (Å²) in [6.45, 7) is 2.63. The number of aryl methyl sites for hydroxylation is 1. The number of benzene rings is 1. The SMILES string of the molecule is Cc1ccc(C(=O)N2CCOC(C#N)C2)c(F)c1. The summed E-state index contributed by atoms with van der Waals surface area (Å²) in [6, 6.07) is 6.45. The number of carbonyl (C=O) groups is 1. The molecule has 0 spiro atoms. The van der Waals surface area contributed by atoms with Crippen molar-refractivity contribution in [3.63, 3.8) is 0 Å². The van der Waals surface area contributed by atoms with Crippen LogP contribution in [0.2, 0.25) is 0 Å². The summed E-state index contributed by atoms with van der Waals surface area (Å²) in [5.74, 6) is -0.920. The Morgan fingerprint density at radius 3 is 3.06 bits per heavy atom. The minimum atomic E-state index is -0.629. The number of nitrogens with zero attached hydrogens (tertiary/aromatic N) is 2. The maximum Gasteiger partial charge on any atom is 0.257 e. The predicted molar refractivity (Wildman–Crippen MR) is 62.4 cm³/mol. The van der Waals surface area contributed by atoms with Crippen molar-refractivity contribution in [2.24, 2.45) is 0 Å². The van der Waals surface area contributed by atoms with E-state index in [2.05, 4.69) is 0 Å². The highest BCUT2D eigenvalue weighted by Gasteiger charge is 2.26. The second kappa shape index (κ2) is 5.15. The highest BCUT2D eigenvalue weighted by molar-refractivity contribution is 5.94. The van der Waals surface area contributed by atoms with E-state index in [0.29, 0.717) is 13.2 Å². The molecule has 1 amide bonds. The molecule has 1 saturated heterocycles. The van der Waals surface area contributed by atoms with Crippen LogP contribution in [0.4, 0.5) is 4.39 Å². The Morgan fingerprint density at radius 2 is 2.39 bits per heavy atom. The van der Waals surface area contributed by atoms with E-state index in [1.165, 1.54) is 17.0 Å². The van der Waals surface area contributed by atoms with E-state index in [1.54, 1.807) is 13.0 Å². The lowest BCUT2D eigenvalue weighted by atomic mass is 10.1. The number of hydrogen-bond donors (Lipinski definition) is 0. The third-order valence-electron chi connectivity index (χ3n) is 2.85. The van der Waals surface area contributed by atoms with Crippen LogP contribution in [0.25, 0.3) is 0 Å². The smallest absolute Gasteiger partial charge is 0.257 e. The molecule has 94 valence electrons. The average molecular weight is 248 g/mol. The van der Waals surface area contributed by atoms with E-state index in [4.69, 9.17) is 10.00 Å². The predicted octanol–water partition coefficient (Wildman–Crippen LogP) is 1.50. The zero-order valence-corrected chi connectivity index (χ0v) is 10.0. The molecule has 1 aliphatic heterocycles. The fourth-order valence-electron chi connectivity index (χ4n) is 1.88. The average Bonchev–Trinajstić information content (AvgIpc) is 2.38. The Kier molecular flexibility index (Phi) is 3.58. The van der Waals surface area contributed by atoms with Crippen LogP contribution >= 0.6 is 0 Å². The van der Waals surface area contributed by atoms with Gasteiger partial charge in [-0.15, -0.1) is 0 Å². The van der Waals surface area contributed by atoms with Gasteiger partial charge < -0.3 is 9.64 Å². The van der Waals surface area contributed by atoms with Gasteiger partial charge >= 0.3 is 0 Å². The largest absolute Gasteiger partial charge is 0.360 e. The van der Waals surface area contributed by atoms with Crippen LogP contribution in [0.5, 0.6) is 0 Å². The molecule has 1 fully saturated rings. The van der Waals surface area contributed by atoms with Crippen molar-refractivity contribution >= 4 is 5.91 Å². The number of ether oxygens (including phenoxy) is 1. The lowest BCUT2D eigenvalue weighted by Gasteiger charge is -2.29. The van der Waals surface area contributed by atoms with Crippen LogP contribution in [0.1, 0.15) is 15.9 Å². The third kappa shape index (κ3) is 2.49. The molecule has 1 aromatic carbocycles. The normalized spacial score (nSPS) is 19.4. The van der Waals surface area contributed by atoms with Crippen LogP contribution in [0.3, 0.4) is 0 Å². The summed E-state index contributed by atoms with van der Waals surface area (Å²) in [4.78, 5) is 13.6. The maximum absolute atomic E-state index is 13.7. The Labute approximate surface area is 105 Å². The summed E-state index contributed by atoms with van der Waals surface area (Å²) in [5.41, 5.74) is 0.806. The van der Waals surface area contributed by atoms with Gasteiger partial charge in [-0.05, 0) is 24.6 Å². The van der Waals surface area contributed by atoms with Crippen molar-refractivity contribution in [2.45, 2.75) is 13.0 Å². The first kappa shape index (κ1) is 12.5. The topological polar surface area (TPSA) is 53.3 Å². The minimum absolute atomic E-state index is 0.0409. The maximum atomic E-state index is 13.7. The van der Waals surface area contributed by atoms with Crippen molar-refractivity contribution in [3.8, 4) is 6.07 Å². The zero-order chi connectivity index (χ0) is 13.1. The van der Waals surface area contributed by atoms with Crippen molar-refractivity contribution in [1.82, 2.24) is 4.90 Å². The highest BCUT2D eigenvalue weighted by atomic mass is 19.1. The molecular weight excluding hydrogens is 235 g/mol. The number of morpholine rings is 1. The summed E-state index contributed by atoms with van der Waals surface area (Å²) in [6.07, 6.45) is -0.629. The van der Waals surface area contributed by atoms with Gasteiger partial charge in [-0.2, -0.15) is 5.26 Å². The number of rotatable bonds is 1. The van der Waals surface area contributed by atoms with Gasteiger partial charge in [-0.1, -0.05) is 6.07 Å². The summed E-state index contributed by atoms with van der Waals surface area (Å²) in [7, 11) is 0. The van der Waals surface area contributed by atoms with Gasteiger partial charge in [0.05, 0.1) is 24.8 Å². The molecule has 1 unspecified atom stereocenters. The summed E-state index contributed by atoms with van der Waals surface area (Å²) < 4.78 is 18.8. The number of nitriles is 1. The van der Waals surface area contributed by atoms with Gasteiger partial charge in [0.25, 0.3) is 5.91 Å². The zero-order valence-electron chi connectivity index (χ0n) is 10.0. The van der Waals surface area contributed by atoms with E-state index in [9.17, 15) is 9.18 Å². The van der Waals surface area contributed by atoms with Gasteiger partial charge in [0.1, 0.15) is 5.82 Å². The fourth-order valence-corrected chi connectivity index (χ4v) is 1.88. The van der Waals surface area contributed by atoms with Crippen LogP contribution < -0.4 is 0 Å². The Morgan fingerprint density at radius 1 is 1.61 bits per heavy atom. The van der Waals surface area contributed by atoms with Crippen molar-refractivity contribution in [1.29, 1.82) is 5.26 Å². The first-order valence-electron chi connectivity index (χ1n) is 5.68. The standard InChI is InChI=1S/C13H13FN2O2/c1-9-2-3-11(12(14)6-9)13(17)16-4-5-18-10(7-15)8-16/h2-3,6,10H,4-5,8H2,1H3. The molecule has 0 bridgehead atoms. The van der Waals surface area contributed by atoms with Gasteiger partial charge in [0.15, 0.2) is 6.10 Å². The monoisotopic (exact) mass is 248 g/mol. The molecule has 0 saturated carbocycles. The van der Waals surface area contributed by atoms with Gasteiger partial charge in [-0.25, -0.2) is 4.39 Å². The van der Waals surface area contributed by atoms with Crippen molar-refractivity contribution < 1.29 is 13.9 Å². The molecular formula is C13H13FN2O2. The Balaban J connectivity index is 2.18. The Bertz CT molecular complexity index is 510. The van der Waals surface area contributed by atoms with E-state index in [-0.39, 0.29) is 12.1 Å². The molecule has 4 nitrogen and oxygen atoms in total. The van der Waals surface area contributed by atoms with E-state index in [0.717, 1.165) is 5.56 Å². The molecule has 1 heterocycles. The minimum Gasteiger partial charge on any atom is -0.360 e. The number of amides is 1. The van der Waals surface area contributed by atoms with Crippen LogP contribution in [-0.2, 0) is 4.74 Å². The number of halogens is 1. The quantitative estimate of drug-likeness (QED) is 0.756. The molecule has 1 atom stereocenters. The molecule has 2 rings (SSSR count). The molecule has 0 aliphatic carbocycles. The Hall–Kier alpha value is -1.93. The molecule has 0 aromatic heterocycles. The lowest BCUT2D eigenvalue weighted by molar-refractivity contribution is 0.00326. The summed E-state index contributed by atoms with van der Waals surface area (Å²) in [5, 5.41) is 8.77. The van der Waals surface area contributed by atoms with Gasteiger partial charge in [0.2, 0.25) is 0 Å². The fraction of sp³-hybridized carbons (Fsp3) is 0.385. The second-order valence-electron chi connectivity index (χ2n) is 4.22. The first-order valence-corrected chi connectivity index (χ1v) is 5.68. The van der Waals surface area contributed by atoms with Crippen molar-refractivity contribution in [3.05, 3.63) is 35.1 Å². The van der Waals surface area contributed by atoms with E-state index in [1.807, 2.05) is 6.07 Å². The van der Waals surface area contributed by atoms with Crippen LogP contribution in [0.15, 0.2) is 18.2 Å². The second-order valence-corrected chi connectivity index (χ2v) is 4.22. The van der Waals surface area contributed by atoms with Crippen LogP contribution in [0, 0.1) is 24.1 Å². The lowest BCUT2D eigenvalue weighted by Crippen LogP contribution is -2.45. The molecule has 1 aromatic rings. The molecule has 1 aliphatic rings. The third-order valence-corrected chi connectivity index (χ3v) is 2.85. The number of hydrogen-bond acceptors (Lipinski definition) is 3. The highest BCUT2D eigenvalue weighted by Crippen LogP contribution is 2.15. The number of carbonyl (C=O) groups excluding carboxylic acids is 1. The molecule has 18 heavy (non-hydrogen) atoms. The first-order chi connectivity index (χ1) is 8.61.